The molecule has 0 N–H and O–H groups in total. The van der Waals surface area contributed by atoms with Gasteiger partial charge in [0.2, 0.25) is 0 Å². The molecule has 1 fully saturated rings. The van der Waals surface area contributed by atoms with Crippen LogP contribution >= 0.6 is 46.6 Å². The molecule has 4 nitrogen and oxygen atoms in total. The van der Waals surface area contributed by atoms with Gasteiger partial charge in [0.05, 0.1) is 15.6 Å². The normalized spacial score (nSPS) is 15.5. The highest BCUT2D eigenvalue weighted by atomic mass is 127. The Morgan fingerprint density at radius 3 is 2.63 bits per heavy atom. The van der Waals surface area contributed by atoms with Gasteiger partial charge >= 0.3 is 0 Å². The first-order chi connectivity index (χ1) is 13.0. The predicted octanol–water partition coefficient (Wildman–Crippen LogP) is 5.10. The van der Waals surface area contributed by atoms with Crippen molar-refractivity contribution >= 4 is 62.9 Å². The van der Waals surface area contributed by atoms with E-state index in [4.69, 9.17) is 21.7 Å². The summed E-state index contributed by atoms with van der Waals surface area (Å²) in [6.07, 6.45) is 1.85. The van der Waals surface area contributed by atoms with Gasteiger partial charge < -0.3 is 9.47 Å². The molecule has 0 spiro atoms. The molecule has 140 valence electrons. The fraction of sp³-hybridized carbons (Fsp3) is 0.200. The second kappa shape index (κ2) is 9.07. The summed E-state index contributed by atoms with van der Waals surface area (Å²) in [5.41, 5.74) is 1.96. The van der Waals surface area contributed by atoms with Gasteiger partial charge in [-0.15, -0.1) is 0 Å². The van der Waals surface area contributed by atoms with Crippen molar-refractivity contribution in [3.8, 4) is 11.5 Å². The number of rotatable bonds is 6. The molecule has 2 aromatic rings. The number of nitrogens with zero attached hydrogens (tertiary/aromatic N) is 1. The second-order valence-corrected chi connectivity index (χ2v) is 8.57. The maximum atomic E-state index is 12.4. The molecule has 3 rings (SSSR count). The van der Waals surface area contributed by atoms with Crippen LogP contribution < -0.4 is 9.47 Å². The van der Waals surface area contributed by atoms with Gasteiger partial charge in [-0.3, -0.25) is 9.69 Å². The summed E-state index contributed by atoms with van der Waals surface area (Å²) in [5, 5.41) is 0. The Hall–Kier alpha value is -1.58. The number of thioether (sulfide) groups is 1. The third kappa shape index (κ3) is 4.64. The van der Waals surface area contributed by atoms with Crippen LogP contribution in [0.3, 0.4) is 0 Å². The minimum Gasteiger partial charge on any atom is -0.493 e. The molecule has 1 aliphatic rings. The molecule has 0 radical (unpaired) electrons. The van der Waals surface area contributed by atoms with Crippen LogP contribution in [0.4, 0.5) is 0 Å². The van der Waals surface area contributed by atoms with E-state index in [1.807, 2.05) is 55.5 Å². The van der Waals surface area contributed by atoms with Crippen LogP contribution in [0.5, 0.6) is 11.5 Å². The Labute approximate surface area is 182 Å². The van der Waals surface area contributed by atoms with Crippen molar-refractivity contribution in [1.82, 2.24) is 4.90 Å². The van der Waals surface area contributed by atoms with E-state index in [9.17, 15) is 4.79 Å². The average Bonchev–Trinajstić information content (AvgIpc) is 2.93. The van der Waals surface area contributed by atoms with Crippen LogP contribution in [-0.2, 0) is 11.4 Å². The molecule has 0 bridgehead atoms. The van der Waals surface area contributed by atoms with Crippen molar-refractivity contribution in [3.63, 3.8) is 0 Å². The van der Waals surface area contributed by atoms with Gasteiger partial charge in [0.15, 0.2) is 11.5 Å². The Kier molecular flexibility index (Phi) is 6.78. The van der Waals surface area contributed by atoms with E-state index in [2.05, 4.69) is 22.6 Å². The van der Waals surface area contributed by atoms with Crippen molar-refractivity contribution in [1.29, 1.82) is 0 Å². The quantitative estimate of drug-likeness (QED) is 0.307. The zero-order valence-corrected chi connectivity index (χ0v) is 18.7. The first kappa shape index (κ1) is 20.2. The molecule has 1 saturated heterocycles. The average molecular weight is 511 g/mol. The van der Waals surface area contributed by atoms with E-state index in [0.717, 1.165) is 14.7 Å². The number of carbonyl (C=O) groups excluding carboxylic acids is 1. The van der Waals surface area contributed by atoms with Crippen molar-refractivity contribution < 1.29 is 14.3 Å². The third-order valence-corrected chi connectivity index (χ3v) is 6.14. The molecule has 2 aromatic carbocycles. The summed E-state index contributed by atoms with van der Waals surface area (Å²) in [4.78, 5) is 14.6. The van der Waals surface area contributed by atoms with Crippen molar-refractivity contribution in [2.45, 2.75) is 13.5 Å². The summed E-state index contributed by atoms with van der Waals surface area (Å²) >= 11 is 8.82. The smallest absolute Gasteiger partial charge is 0.266 e. The monoisotopic (exact) mass is 511 g/mol. The highest BCUT2D eigenvalue weighted by molar-refractivity contribution is 14.1. The molecule has 0 atom stereocenters. The number of methoxy groups -OCH3 is 1. The molecule has 0 saturated carbocycles. The third-order valence-electron chi connectivity index (χ3n) is 3.97. The van der Waals surface area contributed by atoms with Crippen molar-refractivity contribution in [2.75, 3.05) is 13.7 Å². The maximum absolute atomic E-state index is 12.4. The van der Waals surface area contributed by atoms with Crippen LogP contribution in [0.15, 0.2) is 47.4 Å². The van der Waals surface area contributed by atoms with Gasteiger partial charge in [0.1, 0.15) is 10.9 Å². The number of ether oxygens (including phenoxy) is 2. The summed E-state index contributed by atoms with van der Waals surface area (Å²) in [7, 11) is 1.61. The first-order valence-corrected chi connectivity index (χ1v) is 10.6. The van der Waals surface area contributed by atoms with Gasteiger partial charge in [-0.2, -0.15) is 0 Å². The number of benzene rings is 2. The Morgan fingerprint density at radius 2 is 2.00 bits per heavy atom. The first-order valence-electron chi connectivity index (χ1n) is 8.33. The highest BCUT2D eigenvalue weighted by Crippen LogP contribution is 2.37. The molecule has 0 unspecified atom stereocenters. The molecular formula is C20H18INO3S2. The van der Waals surface area contributed by atoms with Crippen LogP contribution in [0.2, 0.25) is 0 Å². The molecule has 1 heterocycles. The molecule has 1 amide bonds. The van der Waals surface area contributed by atoms with Gasteiger partial charge in [-0.1, -0.05) is 54.3 Å². The lowest BCUT2D eigenvalue weighted by Crippen LogP contribution is -2.27. The van der Waals surface area contributed by atoms with Crippen LogP contribution in [0.1, 0.15) is 18.1 Å². The van der Waals surface area contributed by atoms with Crippen LogP contribution in [-0.4, -0.2) is 28.8 Å². The summed E-state index contributed by atoms with van der Waals surface area (Å²) in [5.74, 6) is 1.28. The van der Waals surface area contributed by atoms with E-state index < -0.39 is 0 Å². The van der Waals surface area contributed by atoms with E-state index in [-0.39, 0.29) is 5.91 Å². The molecule has 27 heavy (non-hydrogen) atoms. The van der Waals surface area contributed by atoms with Gasteiger partial charge in [0.25, 0.3) is 5.91 Å². The number of likely N-dealkylation sites (N-methyl/N-ethyl adjacent to an activating group) is 1. The van der Waals surface area contributed by atoms with Gasteiger partial charge in [-0.25, -0.2) is 0 Å². The number of halogens is 1. The maximum Gasteiger partial charge on any atom is 0.266 e. The van der Waals surface area contributed by atoms with Crippen LogP contribution in [0.25, 0.3) is 6.08 Å². The standard InChI is InChI=1S/C20H18INO3S2/c1-3-22-19(23)17(27-20(22)26)11-14-9-15(21)18(16(10-14)24-2)25-12-13-7-5-4-6-8-13/h4-11H,3,12H2,1-2H3. The fourth-order valence-electron chi connectivity index (χ4n) is 2.62. The fourth-order valence-corrected chi connectivity index (χ4v) is 4.78. The van der Waals surface area contributed by atoms with E-state index in [0.29, 0.717) is 33.9 Å². The second-order valence-electron chi connectivity index (χ2n) is 5.73. The molecule has 0 aromatic heterocycles. The lowest BCUT2D eigenvalue weighted by molar-refractivity contribution is -0.121. The van der Waals surface area contributed by atoms with Crippen LogP contribution in [0, 0.1) is 3.57 Å². The number of hydrogen-bond acceptors (Lipinski definition) is 5. The zero-order chi connectivity index (χ0) is 19.4. The SMILES string of the molecule is CCN1C(=O)C(=Cc2cc(I)c(OCc3ccccc3)c(OC)c2)SC1=S. The predicted molar refractivity (Wildman–Crippen MR) is 122 cm³/mol. The zero-order valence-electron chi connectivity index (χ0n) is 14.9. The van der Waals surface area contributed by atoms with Gasteiger partial charge in [0, 0.05) is 6.54 Å². The number of thiocarbonyl (C=S) groups is 1. The van der Waals surface area contributed by atoms with E-state index in [1.165, 1.54) is 11.8 Å². The summed E-state index contributed by atoms with van der Waals surface area (Å²) < 4.78 is 13.0. The molecular weight excluding hydrogens is 493 g/mol. The number of carbonyl (C=O) groups is 1. The largest absolute Gasteiger partial charge is 0.493 e. The number of hydrogen-bond donors (Lipinski definition) is 0. The Morgan fingerprint density at radius 1 is 1.26 bits per heavy atom. The summed E-state index contributed by atoms with van der Waals surface area (Å²) in [6, 6.07) is 13.8. The van der Waals surface area contributed by atoms with Crippen molar-refractivity contribution in [3.05, 3.63) is 62.1 Å². The summed E-state index contributed by atoms with van der Waals surface area (Å²) in [6.45, 7) is 2.95. The van der Waals surface area contributed by atoms with E-state index >= 15 is 0 Å². The molecule has 7 heteroatoms. The Bertz CT molecular complexity index is 900. The molecule has 0 aliphatic carbocycles. The van der Waals surface area contributed by atoms with Crippen molar-refractivity contribution in [2.24, 2.45) is 0 Å². The lowest BCUT2D eigenvalue weighted by atomic mass is 10.1. The topological polar surface area (TPSA) is 38.8 Å². The van der Waals surface area contributed by atoms with E-state index in [1.54, 1.807) is 12.0 Å². The minimum atomic E-state index is -0.0501. The number of amides is 1. The Balaban J connectivity index is 1.85. The highest BCUT2D eigenvalue weighted by Gasteiger charge is 2.30. The molecule has 1 aliphatic heterocycles. The lowest BCUT2D eigenvalue weighted by Gasteiger charge is -2.14. The van der Waals surface area contributed by atoms with Gasteiger partial charge in [-0.05, 0) is 58.9 Å². The minimum absolute atomic E-state index is 0.0501.